The number of carboxylic acids is 1. The standard InChI is InChI=1S/C21H24F8O2/c1-3-4-12-5-7-13(8-6-12)15-10-9-14(17(30)31)11-16(15)19(24,25)21(28,29)20(26,27)18(2,22)23/h9-13H,3-8H2,1-2H3,(H,30,31). The molecule has 1 aromatic rings. The topological polar surface area (TPSA) is 37.3 Å². The summed E-state index contributed by atoms with van der Waals surface area (Å²) in [5, 5.41) is 9.06. The molecule has 0 aliphatic heterocycles. The highest BCUT2D eigenvalue weighted by molar-refractivity contribution is 5.88. The third kappa shape index (κ3) is 4.53. The van der Waals surface area contributed by atoms with Crippen LogP contribution in [-0.4, -0.2) is 28.8 Å². The third-order valence-electron chi connectivity index (χ3n) is 5.96. The van der Waals surface area contributed by atoms with Gasteiger partial charge in [-0.1, -0.05) is 25.8 Å². The number of hydrogen-bond acceptors (Lipinski definition) is 1. The van der Waals surface area contributed by atoms with Crippen molar-refractivity contribution < 1.29 is 45.0 Å². The van der Waals surface area contributed by atoms with Crippen molar-refractivity contribution >= 4 is 5.97 Å². The number of alkyl halides is 8. The van der Waals surface area contributed by atoms with Crippen LogP contribution < -0.4 is 0 Å². The molecule has 1 fully saturated rings. The number of carboxylic acid groups (broad SMARTS) is 1. The largest absolute Gasteiger partial charge is 0.478 e. The number of benzene rings is 1. The van der Waals surface area contributed by atoms with Gasteiger partial charge in [-0.25, -0.2) is 4.79 Å². The monoisotopic (exact) mass is 460 g/mol. The van der Waals surface area contributed by atoms with E-state index in [2.05, 4.69) is 0 Å². The Hall–Kier alpha value is -1.87. The lowest BCUT2D eigenvalue weighted by Crippen LogP contribution is -2.60. The van der Waals surface area contributed by atoms with Crippen molar-refractivity contribution in [1.82, 2.24) is 0 Å². The number of carbonyl (C=O) groups is 1. The molecule has 1 aliphatic carbocycles. The van der Waals surface area contributed by atoms with Crippen LogP contribution in [0.4, 0.5) is 35.1 Å². The van der Waals surface area contributed by atoms with E-state index < -0.39 is 59.2 Å². The van der Waals surface area contributed by atoms with Crippen LogP contribution in [0.1, 0.15) is 79.8 Å². The Morgan fingerprint density at radius 3 is 1.97 bits per heavy atom. The quantitative estimate of drug-likeness (QED) is 0.409. The Kier molecular flexibility index (Phi) is 7.03. The summed E-state index contributed by atoms with van der Waals surface area (Å²) in [5.74, 6) is -26.2. The van der Waals surface area contributed by atoms with Crippen LogP contribution >= 0.6 is 0 Å². The van der Waals surface area contributed by atoms with E-state index in [1.807, 2.05) is 6.92 Å². The zero-order chi connectivity index (χ0) is 23.8. The maximum atomic E-state index is 14.9. The van der Waals surface area contributed by atoms with E-state index in [0.717, 1.165) is 25.0 Å². The molecule has 0 amide bonds. The Labute approximate surface area is 174 Å². The van der Waals surface area contributed by atoms with Crippen molar-refractivity contribution in [2.75, 3.05) is 0 Å². The Morgan fingerprint density at radius 2 is 1.52 bits per heavy atom. The fourth-order valence-electron chi connectivity index (χ4n) is 4.13. The van der Waals surface area contributed by atoms with E-state index in [4.69, 9.17) is 5.11 Å². The van der Waals surface area contributed by atoms with Gasteiger partial charge >= 0.3 is 29.7 Å². The van der Waals surface area contributed by atoms with E-state index in [0.29, 0.717) is 31.6 Å². The zero-order valence-electron chi connectivity index (χ0n) is 17.0. The summed E-state index contributed by atoms with van der Waals surface area (Å²) in [7, 11) is 0. The second-order valence-electron chi connectivity index (χ2n) is 8.23. The average Bonchev–Trinajstić information content (AvgIpc) is 2.67. The molecule has 1 N–H and O–H groups in total. The van der Waals surface area contributed by atoms with Crippen molar-refractivity contribution in [1.29, 1.82) is 0 Å². The second-order valence-corrected chi connectivity index (χ2v) is 8.23. The minimum atomic E-state index is -6.47. The van der Waals surface area contributed by atoms with Gasteiger partial charge < -0.3 is 5.11 Å². The van der Waals surface area contributed by atoms with Crippen molar-refractivity contribution in [3.05, 3.63) is 34.9 Å². The number of rotatable bonds is 8. The van der Waals surface area contributed by atoms with Gasteiger partial charge in [-0.3, -0.25) is 0 Å². The smallest absolute Gasteiger partial charge is 0.382 e. The summed E-state index contributed by atoms with van der Waals surface area (Å²) in [4.78, 5) is 11.2. The molecule has 0 atom stereocenters. The fraction of sp³-hybridized carbons (Fsp3) is 0.667. The molecular formula is C21H24F8O2. The molecule has 2 nitrogen and oxygen atoms in total. The lowest BCUT2D eigenvalue weighted by molar-refractivity contribution is -0.366. The van der Waals surface area contributed by atoms with Gasteiger partial charge in [0, 0.05) is 12.5 Å². The minimum absolute atomic E-state index is 0.188. The van der Waals surface area contributed by atoms with Crippen molar-refractivity contribution in [2.45, 2.75) is 82.0 Å². The number of hydrogen-bond donors (Lipinski definition) is 1. The van der Waals surface area contributed by atoms with Gasteiger partial charge in [-0.15, -0.1) is 0 Å². The molecule has 0 unspecified atom stereocenters. The lowest BCUT2D eigenvalue weighted by Gasteiger charge is -2.37. The highest BCUT2D eigenvalue weighted by Crippen LogP contribution is 2.57. The first-order chi connectivity index (χ1) is 14.1. The summed E-state index contributed by atoms with van der Waals surface area (Å²) in [6.07, 6.45) is 3.62. The molecule has 10 heteroatoms. The van der Waals surface area contributed by atoms with Crippen molar-refractivity contribution in [3.63, 3.8) is 0 Å². The van der Waals surface area contributed by atoms with Crippen molar-refractivity contribution in [2.24, 2.45) is 5.92 Å². The lowest BCUT2D eigenvalue weighted by atomic mass is 9.74. The van der Waals surface area contributed by atoms with E-state index in [9.17, 15) is 39.9 Å². The molecule has 0 spiro atoms. The molecule has 0 bridgehead atoms. The van der Waals surface area contributed by atoms with E-state index in [1.54, 1.807) is 0 Å². The SMILES string of the molecule is CCCC1CCC(c2ccc(C(=O)O)cc2C(F)(F)C(F)(F)C(F)(F)C(C)(F)F)CC1. The highest BCUT2D eigenvalue weighted by Gasteiger charge is 2.79. The summed E-state index contributed by atoms with van der Waals surface area (Å²) in [6, 6.07) is 2.00. The van der Waals surface area contributed by atoms with E-state index >= 15 is 0 Å². The van der Waals surface area contributed by atoms with Crippen LogP contribution in [0.15, 0.2) is 18.2 Å². The first-order valence-electron chi connectivity index (χ1n) is 9.96. The van der Waals surface area contributed by atoms with Gasteiger partial charge in [0.15, 0.2) is 0 Å². The molecule has 31 heavy (non-hydrogen) atoms. The first-order valence-corrected chi connectivity index (χ1v) is 9.96. The Morgan fingerprint density at radius 1 is 0.968 bits per heavy atom. The molecule has 1 aromatic carbocycles. The summed E-state index contributed by atoms with van der Waals surface area (Å²) >= 11 is 0. The predicted molar refractivity (Wildman–Crippen MR) is 97.4 cm³/mol. The maximum absolute atomic E-state index is 14.9. The predicted octanol–water partition coefficient (Wildman–Crippen LogP) is 7.48. The molecular weight excluding hydrogens is 436 g/mol. The number of aromatic carboxylic acids is 1. The van der Waals surface area contributed by atoms with Crippen molar-refractivity contribution in [3.8, 4) is 0 Å². The van der Waals surface area contributed by atoms with Crippen LogP contribution in [0.3, 0.4) is 0 Å². The molecule has 0 saturated heterocycles. The molecule has 0 radical (unpaired) electrons. The maximum Gasteiger partial charge on any atom is 0.382 e. The van der Waals surface area contributed by atoms with E-state index in [-0.39, 0.29) is 6.07 Å². The Bertz CT molecular complexity index is 793. The molecule has 0 heterocycles. The summed E-state index contributed by atoms with van der Waals surface area (Å²) in [6.45, 7) is 1.40. The summed E-state index contributed by atoms with van der Waals surface area (Å²) in [5.41, 5.74) is -2.90. The van der Waals surface area contributed by atoms with Crippen LogP contribution in [0.2, 0.25) is 0 Å². The second kappa shape index (κ2) is 8.58. The average molecular weight is 460 g/mol. The first kappa shape index (κ1) is 25.4. The van der Waals surface area contributed by atoms with Gasteiger partial charge in [0.25, 0.3) is 0 Å². The Balaban J connectivity index is 2.57. The van der Waals surface area contributed by atoms with E-state index in [1.165, 1.54) is 0 Å². The highest BCUT2D eigenvalue weighted by atomic mass is 19.4. The molecule has 1 aliphatic rings. The number of halogens is 8. The molecule has 2 rings (SSSR count). The van der Waals surface area contributed by atoms with Gasteiger partial charge in [0.2, 0.25) is 0 Å². The zero-order valence-corrected chi connectivity index (χ0v) is 17.0. The van der Waals surface area contributed by atoms with Crippen LogP contribution in [0.5, 0.6) is 0 Å². The summed E-state index contributed by atoms with van der Waals surface area (Å²) < 4.78 is 112. The molecule has 176 valence electrons. The van der Waals surface area contributed by atoms with Gasteiger partial charge in [0.1, 0.15) is 0 Å². The fourth-order valence-corrected chi connectivity index (χ4v) is 4.13. The van der Waals surface area contributed by atoms with Gasteiger partial charge in [-0.2, -0.15) is 35.1 Å². The van der Waals surface area contributed by atoms with Gasteiger partial charge in [0.05, 0.1) is 5.56 Å². The van der Waals surface area contributed by atoms with Crippen LogP contribution in [0, 0.1) is 5.92 Å². The van der Waals surface area contributed by atoms with Gasteiger partial charge in [-0.05, 0) is 55.2 Å². The molecule has 1 saturated carbocycles. The van der Waals surface area contributed by atoms with Crippen LogP contribution in [-0.2, 0) is 5.92 Å². The normalized spacial score (nSPS) is 21.2. The molecule has 0 aromatic heterocycles. The van der Waals surface area contributed by atoms with Crippen LogP contribution in [0.25, 0.3) is 0 Å². The minimum Gasteiger partial charge on any atom is -0.478 e. The third-order valence-corrected chi connectivity index (χ3v) is 5.96.